The van der Waals surface area contributed by atoms with E-state index in [1.165, 1.54) is 39.5 Å². The molecule has 1 heterocycles. The van der Waals surface area contributed by atoms with E-state index in [1.54, 1.807) is 0 Å². The summed E-state index contributed by atoms with van der Waals surface area (Å²) < 4.78 is 4.87. The SMILES string of the molecule is CNC(C)(CCCN1CC2CCCC2C1)C(=O)OC. The molecule has 1 aliphatic carbocycles. The number of likely N-dealkylation sites (tertiary alicyclic amines) is 1. The number of fused-ring (bicyclic) bond motifs is 1. The molecule has 4 nitrogen and oxygen atoms in total. The number of nitrogens with zero attached hydrogens (tertiary/aromatic N) is 1. The molecule has 1 aliphatic heterocycles. The predicted molar refractivity (Wildman–Crippen MR) is 76.0 cm³/mol. The van der Waals surface area contributed by atoms with Crippen molar-refractivity contribution < 1.29 is 9.53 Å². The van der Waals surface area contributed by atoms with Gasteiger partial charge in [0, 0.05) is 13.1 Å². The topological polar surface area (TPSA) is 41.6 Å². The van der Waals surface area contributed by atoms with Crippen LogP contribution in [0.15, 0.2) is 0 Å². The van der Waals surface area contributed by atoms with Gasteiger partial charge in [-0.3, -0.25) is 4.79 Å². The molecule has 1 saturated heterocycles. The maximum absolute atomic E-state index is 11.8. The smallest absolute Gasteiger partial charge is 0.325 e. The number of hydrogen-bond donors (Lipinski definition) is 1. The molecule has 0 spiro atoms. The van der Waals surface area contributed by atoms with Crippen LogP contribution in [0, 0.1) is 11.8 Å². The van der Waals surface area contributed by atoms with Crippen molar-refractivity contribution in [1.29, 1.82) is 0 Å². The van der Waals surface area contributed by atoms with Gasteiger partial charge >= 0.3 is 5.97 Å². The van der Waals surface area contributed by atoms with Gasteiger partial charge in [0.1, 0.15) is 5.54 Å². The van der Waals surface area contributed by atoms with E-state index in [1.807, 2.05) is 14.0 Å². The molecule has 0 amide bonds. The van der Waals surface area contributed by atoms with Crippen molar-refractivity contribution >= 4 is 5.97 Å². The zero-order chi connectivity index (χ0) is 13.9. The van der Waals surface area contributed by atoms with E-state index in [4.69, 9.17) is 4.74 Å². The van der Waals surface area contributed by atoms with Crippen molar-refractivity contribution in [3.63, 3.8) is 0 Å². The molecule has 0 aromatic carbocycles. The molecule has 0 aromatic heterocycles. The number of hydrogen-bond acceptors (Lipinski definition) is 4. The Balaban J connectivity index is 1.73. The zero-order valence-corrected chi connectivity index (χ0v) is 12.6. The molecule has 19 heavy (non-hydrogen) atoms. The predicted octanol–water partition coefficient (Wildman–Crippen LogP) is 1.65. The van der Waals surface area contributed by atoms with E-state index >= 15 is 0 Å². The lowest BCUT2D eigenvalue weighted by Crippen LogP contribution is -2.48. The summed E-state index contributed by atoms with van der Waals surface area (Å²) in [7, 11) is 3.29. The second-order valence-corrected chi connectivity index (χ2v) is 6.39. The first-order valence-electron chi connectivity index (χ1n) is 7.59. The molecule has 2 fully saturated rings. The molecule has 0 aromatic rings. The summed E-state index contributed by atoms with van der Waals surface area (Å²) in [4.78, 5) is 14.3. The average Bonchev–Trinajstić information content (AvgIpc) is 2.98. The number of methoxy groups -OCH3 is 1. The van der Waals surface area contributed by atoms with Gasteiger partial charge in [0.15, 0.2) is 0 Å². The van der Waals surface area contributed by atoms with Crippen molar-refractivity contribution in [2.45, 2.75) is 44.6 Å². The largest absolute Gasteiger partial charge is 0.468 e. The summed E-state index contributed by atoms with van der Waals surface area (Å²) in [5, 5.41) is 3.10. The number of nitrogens with one attached hydrogen (secondary N) is 1. The summed E-state index contributed by atoms with van der Waals surface area (Å²) in [6, 6.07) is 0. The van der Waals surface area contributed by atoms with Crippen molar-refractivity contribution in [2.24, 2.45) is 11.8 Å². The molecule has 110 valence electrons. The van der Waals surface area contributed by atoms with Gasteiger partial charge in [0.25, 0.3) is 0 Å². The molecular weight excluding hydrogens is 240 g/mol. The second kappa shape index (κ2) is 6.23. The first kappa shape index (κ1) is 14.8. The van der Waals surface area contributed by atoms with Gasteiger partial charge in [-0.15, -0.1) is 0 Å². The molecule has 1 saturated carbocycles. The van der Waals surface area contributed by atoms with E-state index in [2.05, 4.69) is 10.2 Å². The van der Waals surface area contributed by atoms with Crippen LogP contribution >= 0.6 is 0 Å². The molecule has 0 radical (unpaired) electrons. The Kier molecular flexibility index (Phi) is 4.85. The maximum Gasteiger partial charge on any atom is 0.325 e. The van der Waals surface area contributed by atoms with Crippen LogP contribution in [0.5, 0.6) is 0 Å². The maximum atomic E-state index is 11.8. The van der Waals surface area contributed by atoms with Crippen LogP contribution in [0.1, 0.15) is 39.0 Å². The van der Waals surface area contributed by atoms with E-state index in [-0.39, 0.29) is 5.97 Å². The third-order valence-corrected chi connectivity index (χ3v) is 5.14. The first-order chi connectivity index (χ1) is 9.09. The highest BCUT2D eigenvalue weighted by atomic mass is 16.5. The molecule has 1 N–H and O–H groups in total. The highest BCUT2D eigenvalue weighted by Gasteiger charge is 2.36. The zero-order valence-electron chi connectivity index (χ0n) is 12.6. The number of carbonyl (C=O) groups is 1. The fourth-order valence-electron chi connectivity index (χ4n) is 3.73. The van der Waals surface area contributed by atoms with E-state index in [9.17, 15) is 4.79 Å². The molecule has 0 bridgehead atoms. The van der Waals surface area contributed by atoms with E-state index in [0.717, 1.165) is 31.2 Å². The van der Waals surface area contributed by atoms with Crippen LogP contribution in [0.2, 0.25) is 0 Å². The number of carbonyl (C=O) groups excluding carboxylic acids is 1. The Hall–Kier alpha value is -0.610. The Morgan fingerprint density at radius 1 is 1.37 bits per heavy atom. The Labute approximate surface area is 116 Å². The van der Waals surface area contributed by atoms with Crippen molar-refractivity contribution in [1.82, 2.24) is 10.2 Å². The van der Waals surface area contributed by atoms with Crippen LogP contribution in [-0.2, 0) is 9.53 Å². The standard InChI is InChI=1S/C15H28N2O2/c1-15(16-2,14(18)19-3)8-5-9-17-10-12-6-4-7-13(12)11-17/h12-13,16H,4-11H2,1-3H3. The lowest BCUT2D eigenvalue weighted by atomic mass is 9.96. The quantitative estimate of drug-likeness (QED) is 0.744. The van der Waals surface area contributed by atoms with Crippen LogP contribution < -0.4 is 5.32 Å². The molecule has 2 aliphatic rings. The van der Waals surface area contributed by atoms with Crippen molar-refractivity contribution in [3.05, 3.63) is 0 Å². The Morgan fingerprint density at radius 2 is 2.00 bits per heavy atom. The Morgan fingerprint density at radius 3 is 2.53 bits per heavy atom. The molecule has 3 unspecified atom stereocenters. The van der Waals surface area contributed by atoms with Gasteiger partial charge in [0.2, 0.25) is 0 Å². The lowest BCUT2D eigenvalue weighted by molar-refractivity contribution is -0.148. The minimum atomic E-state index is -0.537. The van der Waals surface area contributed by atoms with Gasteiger partial charge in [-0.1, -0.05) is 6.42 Å². The minimum Gasteiger partial charge on any atom is -0.468 e. The minimum absolute atomic E-state index is 0.159. The van der Waals surface area contributed by atoms with Crippen LogP contribution in [0.3, 0.4) is 0 Å². The summed E-state index contributed by atoms with van der Waals surface area (Å²) in [5.41, 5.74) is -0.537. The fraction of sp³-hybridized carbons (Fsp3) is 0.933. The molecular formula is C15H28N2O2. The van der Waals surface area contributed by atoms with Gasteiger partial charge in [-0.2, -0.15) is 0 Å². The number of rotatable bonds is 6. The lowest BCUT2D eigenvalue weighted by Gasteiger charge is -2.27. The molecule has 4 heteroatoms. The number of likely N-dealkylation sites (N-methyl/N-ethyl adjacent to an activating group) is 1. The van der Waals surface area contributed by atoms with Gasteiger partial charge in [-0.25, -0.2) is 0 Å². The third kappa shape index (κ3) is 3.29. The molecule has 2 rings (SSSR count). The first-order valence-corrected chi connectivity index (χ1v) is 7.59. The van der Waals surface area contributed by atoms with Gasteiger partial charge in [0.05, 0.1) is 7.11 Å². The summed E-state index contributed by atoms with van der Waals surface area (Å²) in [6.07, 6.45) is 6.17. The summed E-state index contributed by atoms with van der Waals surface area (Å²) >= 11 is 0. The highest BCUT2D eigenvalue weighted by Crippen LogP contribution is 2.37. The van der Waals surface area contributed by atoms with Crippen LogP contribution in [0.25, 0.3) is 0 Å². The average molecular weight is 268 g/mol. The molecule has 3 atom stereocenters. The fourth-order valence-corrected chi connectivity index (χ4v) is 3.73. The van der Waals surface area contributed by atoms with E-state index in [0.29, 0.717) is 0 Å². The van der Waals surface area contributed by atoms with Gasteiger partial charge in [-0.05, 0) is 58.0 Å². The summed E-state index contributed by atoms with van der Waals surface area (Å²) in [6.45, 7) is 5.59. The Bertz CT molecular complexity index is 309. The van der Waals surface area contributed by atoms with Crippen molar-refractivity contribution in [2.75, 3.05) is 33.8 Å². The van der Waals surface area contributed by atoms with Crippen LogP contribution in [-0.4, -0.2) is 50.2 Å². The monoisotopic (exact) mass is 268 g/mol. The highest BCUT2D eigenvalue weighted by molar-refractivity contribution is 5.80. The van der Waals surface area contributed by atoms with E-state index < -0.39 is 5.54 Å². The third-order valence-electron chi connectivity index (χ3n) is 5.14. The summed E-state index contributed by atoms with van der Waals surface area (Å²) in [5.74, 6) is 1.75. The van der Waals surface area contributed by atoms with Gasteiger partial charge < -0.3 is 15.0 Å². The number of ether oxygens (including phenoxy) is 1. The second-order valence-electron chi connectivity index (χ2n) is 6.39. The van der Waals surface area contributed by atoms with Crippen molar-refractivity contribution in [3.8, 4) is 0 Å². The number of esters is 1. The van der Waals surface area contributed by atoms with Crippen LogP contribution in [0.4, 0.5) is 0 Å². The normalized spacial score (nSPS) is 30.1.